The first-order valence-corrected chi connectivity index (χ1v) is 8.53. The van der Waals surface area contributed by atoms with Gasteiger partial charge in [-0.25, -0.2) is 4.79 Å². The maximum atomic E-state index is 12.4. The normalized spacial score (nSPS) is 20.3. The van der Waals surface area contributed by atoms with E-state index in [9.17, 15) is 9.59 Å². The van der Waals surface area contributed by atoms with Gasteiger partial charge in [-0.2, -0.15) is 0 Å². The highest BCUT2D eigenvalue weighted by atomic mass is 16.6. The molecule has 2 rings (SSSR count). The number of nitrogens with zero attached hydrogens (tertiary/aromatic N) is 1. The fourth-order valence-electron chi connectivity index (χ4n) is 2.96. The number of carbonyl (C=O) groups is 2. The first-order valence-electron chi connectivity index (χ1n) is 8.53. The van der Waals surface area contributed by atoms with Crippen LogP contribution in [0.3, 0.4) is 0 Å². The maximum Gasteiger partial charge on any atom is 0.410 e. The van der Waals surface area contributed by atoms with Crippen molar-refractivity contribution >= 4 is 12.1 Å². The van der Waals surface area contributed by atoms with Crippen molar-refractivity contribution < 1.29 is 23.8 Å². The molecule has 0 unspecified atom stereocenters. The summed E-state index contributed by atoms with van der Waals surface area (Å²) in [5.74, 6) is -0.0638. The third-order valence-electron chi connectivity index (χ3n) is 4.10. The van der Waals surface area contributed by atoms with Crippen LogP contribution in [0.2, 0.25) is 0 Å². The van der Waals surface area contributed by atoms with Gasteiger partial charge in [0.05, 0.1) is 19.6 Å². The van der Waals surface area contributed by atoms with E-state index in [1.165, 1.54) is 0 Å². The molecule has 0 aromatic heterocycles. The second-order valence-electron chi connectivity index (χ2n) is 7.12. The molecule has 1 heterocycles. The van der Waals surface area contributed by atoms with Gasteiger partial charge in [0.25, 0.3) is 0 Å². The van der Waals surface area contributed by atoms with Gasteiger partial charge in [-0.15, -0.1) is 0 Å². The van der Waals surface area contributed by atoms with Gasteiger partial charge in [-0.3, -0.25) is 4.79 Å². The van der Waals surface area contributed by atoms with Crippen LogP contribution in [0.15, 0.2) is 24.3 Å². The molecule has 6 heteroatoms. The molecule has 1 amide bonds. The van der Waals surface area contributed by atoms with Gasteiger partial charge >= 0.3 is 12.1 Å². The van der Waals surface area contributed by atoms with Gasteiger partial charge in [-0.05, 0) is 45.4 Å². The minimum absolute atomic E-state index is 0.127. The first kappa shape index (κ1) is 19.1. The van der Waals surface area contributed by atoms with E-state index < -0.39 is 17.6 Å². The van der Waals surface area contributed by atoms with Crippen molar-refractivity contribution in [1.82, 2.24) is 4.90 Å². The Labute approximate surface area is 149 Å². The SMILES string of the molecule is CCOC(=O)[C@H]1CN(C(=O)OC(C)(C)C)C[C@H]1c1ccc(OC)cc1. The van der Waals surface area contributed by atoms with Crippen LogP contribution in [0.4, 0.5) is 4.79 Å². The number of benzene rings is 1. The zero-order valence-corrected chi connectivity index (χ0v) is 15.6. The fourth-order valence-corrected chi connectivity index (χ4v) is 2.96. The van der Waals surface area contributed by atoms with Gasteiger partial charge in [0.2, 0.25) is 0 Å². The minimum atomic E-state index is -0.575. The molecule has 1 aliphatic heterocycles. The minimum Gasteiger partial charge on any atom is -0.497 e. The predicted molar refractivity (Wildman–Crippen MR) is 93.7 cm³/mol. The molecule has 1 saturated heterocycles. The second kappa shape index (κ2) is 7.76. The molecule has 0 bridgehead atoms. The Bertz CT molecular complexity index is 605. The highest BCUT2D eigenvalue weighted by Gasteiger charge is 2.42. The number of hydrogen-bond donors (Lipinski definition) is 0. The number of likely N-dealkylation sites (tertiary alicyclic amines) is 1. The molecule has 0 spiro atoms. The third-order valence-corrected chi connectivity index (χ3v) is 4.10. The Balaban J connectivity index is 2.21. The molecule has 6 nitrogen and oxygen atoms in total. The molecule has 1 aromatic rings. The Morgan fingerprint density at radius 3 is 2.32 bits per heavy atom. The van der Waals surface area contributed by atoms with E-state index in [1.54, 1.807) is 18.9 Å². The average molecular weight is 349 g/mol. The van der Waals surface area contributed by atoms with Gasteiger partial charge in [0.1, 0.15) is 11.4 Å². The van der Waals surface area contributed by atoms with Crippen molar-refractivity contribution in [3.8, 4) is 5.75 Å². The number of carbonyl (C=O) groups excluding carboxylic acids is 2. The first-order chi connectivity index (χ1) is 11.7. The lowest BCUT2D eigenvalue weighted by molar-refractivity contribution is -0.147. The van der Waals surface area contributed by atoms with Crippen LogP contribution < -0.4 is 4.74 Å². The van der Waals surface area contributed by atoms with Crippen molar-refractivity contribution in [2.75, 3.05) is 26.8 Å². The molecule has 138 valence electrons. The predicted octanol–water partition coefficient (Wildman–Crippen LogP) is 3.21. The van der Waals surface area contributed by atoms with E-state index in [1.807, 2.05) is 45.0 Å². The van der Waals surface area contributed by atoms with Gasteiger partial charge in [0.15, 0.2) is 0 Å². The van der Waals surface area contributed by atoms with Crippen molar-refractivity contribution in [2.45, 2.75) is 39.2 Å². The number of esters is 1. The van der Waals surface area contributed by atoms with E-state index in [0.29, 0.717) is 19.7 Å². The van der Waals surface area contributed by atoms with Gasteiger partial charge in [-0.1, -0.05) is 12.1 Å². The molecular weight excluding hydrogens is 322 g/mol. The molecule has 0 N–H and O–H groups in total. The zero-order chi connectivity index (χ0) is 18.6. The fraction of sp³-hybridized carbons (Fsp3) is 0.579. The summed E-state index contributed by atoms with van der Waals surface area (Å²) in [4.78, 5) is 26.4. The average Bonchev–Trinajstić information content (AvgIpc) is 2.99. The van der Waals surface area contributed by atoms with Crippen molar-refractivity contribution in [1.29, 1.82) is 0 Å². The maximum absolute atomic E-state index is 12.4. The molecule has 1 aromatic carbocycles. The van der Waals surface area contributed by atoms with Crippen molar-refractivity contribution in [2.24, 2.45) is 5.92 Å². The van der Waals surface area contributed by atoms with Crippen LogP contribution in [0.25, 0.3) is 0 Å². The standard InChI is InChI=1S/C19H27NO5/c1-6-24-17(21)16-12-20(18(22)25-19(2,3)4)11-15(16)13-7-9-14(23-5)10-8-13/h7-10,15-16H,6,11-12H2,1-5H3/t15-,16-/m0/s1. The molecule has 0 saturated carbocycles. The highest BCUT2D eigenvalue weighted by molar-refractivity contribution is 5.77. The van der Waals surface area contributed by atoms with Gasteiger partial charge < -0.3 is 19.1 Å². The number of amides is 1. The molecular formula is C19H27NO5. The summed E-state index contributed by atoms with van der Waals surface area (Å²) in [6.45, 7) is 8.29. The smallest absolute Gasteiger partial charge is 0.410 e. The topological polar surface area (TPSA) is 65.1 Å². The second-order valence-corrected chi connectivity index (χ2v) is 7.12. The van der Waals surface area contributed by atoms with Crippen LogP contribution in [0, 0.1) is 5.92 Å². The summed E-state index contributed by atoms with van der Waals surface area (Å²) in [6.07, 6.45) is -0.405. The summed E-state index contributed by atoms with van der Waals surface area (Å²) in [5, 5.41) is 0. The van der Waals surface area contributed by atoms with Gasteiger partial charge in [0, 0.05) is 19.0 Å². The largest absolute Gasteiger partial charge is 0.497 e. The number of methoxy groups -OCH3 is 1. The monoisotopic (exact) mass is 349 g/mol. The van der Waals surface area contributed by atoms with E-state index in [4.69, 9.17) is 14.2 Å². The number of ether oxygens (including phenoxy) is 3. The number of hydrogen-bond acceptors (Lipinski definition) is 5. The van der Waals surface area contributed by atoms with Crippen LogP contribution in [0.5, 0.6) is 5.75 Å². The van der Waals surface area contributed by atoms with Crippen LogP contribution in [-0.4, -0.2) is 49.4 Å². The quantitative estimate of drug-likeness (QED) is 0.781. The summed E-state index contributed by atoms with van der Waals surface area (Å²) >= 11 is 0. The summed E-state index contributed by atoms with van der Waals surface area (Å²) in [6, 6.07) is 7.56. The third kappa shape index (κ3) is 4.87. The van der Waals surface area contributed by atoms with E-state index in [2.05, 4.69) is 0 Å². The zero-order valence-electron chi connectivity index (χ0n) is 15.6. The molecule has 1 aliphatic rings. The summed E-state index contributed by atoms with van der Waals surface area (Å²) in [7, 11) is 1.61. The van der Waals surface area contributed by atoms with E-state index >= 15 is 0 Å². The Morgan fingerprint density at radius 2 is 1.80 bits per heavy atom. The van der Waals surface area contributed by atoms with Crippen molar-refractivity contribution in [3.05, 3.63) is 29.8 Å². The highest BCUT2D eigenvalue weighted by Crippen LogP contribution is 2.35. The summed E-state index contributed by atoms with van der Waals surface area (Å²) < 4.78 is 15.8. The molecule has 1 fully saturated rings. The molecule has 0 aliphatic carbocycles. The molecule has 2 atom stereocenters. The van der Waals surface area contributed by atoms with E-state index in [-0.39, 0.29) is 11.9 Å². The lowest BCUT2D eigenvalue weighted by Crippen LogP contribution is -2.36. The van der Waals surface area contributed by atoms with Crippen LogP contribution >= 0.6 is 0 Å². The lowest BCUT2D eigenvalue weighted by atomic mass is 9.89. The Kier molecular flexibility index (Phi) is 5.93. The molecule has 0 radical (unpaired) electrons. The van der Waals surface area contributed by atoms with Crippen LogP contribution in [0.1, 0.15) is 39.2 Å². The van der Waals surface area contributed by atoms with Crippen LogP contribution in [-0.2, 0) is 14.3 Å². The van der Waals surface area contributed by atoms with E-state index in [0.717, 1.165) is 11.3 Å². The molecule has 25 heavy (non-hydrogen) atoms. The lowest BCUT2D eigenvalue weighted by Gasteiger charge is -2.24. The Hall–Kier alpha value is -2.24. The number of rotatable bonds is 4. The van der Waals surface area contributed by atoms with Crippen molar-refractivity contribution in [3.63, 3.8) is 0 Å². The Morgan fingerprint density at radius 1 is 1.16 bits per heavy atom. The summed E-state index contributed by atoms with van der Waals surface area (Å²) in [5.41, 5.74) is 0.402.